The first-order valence-electron chi connectivity index (χ1n) is 5.48. The van der Waals surface area contributed by atoms with E-state index in [2.05, 4.69) is 0 Å². The van der Waals surface area contributed by atoms with Crippen molar-refractivity contribution in [2.24, 2.45) is 11.8 Å². The van der Waals surface area contributed by atoms with E-state index in [1.165, 1.54) is 13.8 Å². The van der Waals surface area contributed by atoms with Crippen LogP contribution in [0.25, 0.3) is 0 Å². The number of carbonyl (C=O) groups is 2. The zero-order valence-electron chi connectivity index (χ0n) is 11.0. The van der Waals surface area contributed by atoms with Gasteiger partial charge in [-0.2, -0.15) is 0 Å². The van der Waals surface area contributed by atoms with Gasteiger partial charge < -0.3 is 10.2 Å². The van der Waals surface area contributed by atoms with Crippen molar-refractivity contribution in [3.05, 3.63) is 0 Å². The molecule has 0 bridgehead atoms. The van der Waals surface area contributed by atoms with Gasteiger partial charge in [-0.15, -0.1) is 0 Å². The Kier molecular flexibility index (Phi) is 9.28. The van der Waals surface area contributed by atoms with Crippen molar-refractivity contribution in [2.45, 2.75) is 53.8 Å². The van der Waals surface area contributed by atoms with Gasteiger partial charge in [0.25, 0.3) is 0 Å². The maximum Gasteiger partial charge on any atom is 0.158 e. The van der Waals surface area contributed by atoms with E-state index < -0.39 is 12.2 Å². The van der Waals surface area contributed by atoms with E-state index in [0.29, 0.717) is 0 Å². The van der Waals surface area contributed by atoms with Crippen LogP contribution in [-0.4, -0.2) is 34.0 Å². The van der Waals surface area contributed by atoms with Crippen molar-refractivity contribution in [1.82, 2.24) is 0 Å². The van der Waals surface area contributed by atoms with Crippen LogP contribution in [0.2, 0.25) is 0 Å². The van der Waals surface area contributed by atoms with Gasteiger partial charge in [0.05, 0.1) is 0 Å². The smallest absolute Gasteiger partial charge is 0.158 e. The Balaban J connectivity index is 0. The first-order valence-corrected chi connectivity index (χ1v) is 5.48. The Morgan fingerprint density at radius 1 is 0.750 bits per heavy atom. The summed E-state index contributed by atoms with van der Waals surface area (Å²) >= 11 is 0. The molecule has 0 radical (unpaired) electrons. The molecule has 0 aromatic rings. The summed E-state index contributed by atoms with van der Waals surface area (Å²) in [5, 5.41) is 17.7. The lowest BCUT2D eigenvalue weighted by Gasteiger charge is -2.08. The number of Topliss-reactive ketones (excluding diaryl/α,β-unsaturated/α-hetero) is 2. The van der Waals surface area contributed by atoms with Crippen LogP contribution < -0.4 is 0 Å². The normalized spacial score (nSPS) is 14.1. The van der Waals surface area contributed by atoms with Crippen molar-refractivity contribution in [3.63, 3.8) is 0 Å². The SMILES string of the molecule is CC(=O)[C@@H](O)C(C)C.CC(=O)[C@H](O)C(C)C. The third kappa shape index (κ3) is 8.56. The highest BCUT2D eigenvalue weighted by atomic mass is 16.3. The minimum atomic E-state index is -0.769. The van der Waals surface area contributed by atoms with Crippen LogP contribution in [0.5, 0.6) is 0 Å². The molecular formula is C12H24O4. The quantitative estimate of drug-likeness (QED) is 0.763. The van der Waals surface area contributed by atoms with Crippen LogP contribution in [0.3, 0.4) is 0 Å². The lowest BCUT2D eigenvalue weighted by molar-refractivity contribution is -0.127. The lowest BCUT2D eigenvalue weighted by Crippen LogP contribution is -2.22. The molecule has 0 spiro atoms. The second-order valence-electron chi connectivity index (χ2n) is 4.60. The molecule has 0 aromatic heterocycles. The van der Waals surface area contributed by atoms with Crippen LogP contribution in [0.4, 0.5) is 0 Å². The van der Waals surface area contributed by atoms with E-state index in [0.717, 1.165) is 0 Å². The number of aliphatic hydroxyl groups excluding tert-OH is 2. The molecule has 4 nitrogen and oxygen atoms in total. The molecule has 0 unspecified atom stereocenters. The van der Waals surface area contributed by atoms with Crippen LogP contribution in [0.1, 0.15) is 41.5 Å². The lowest BCUT2D eigenvalue weighted by atomic mass is 10.1. The summed E-state index contributed by atoms with van der Waals surface area (Å²) in [4.78, 5) is 20.7. The molecule has 0 saturated carbocycles. The second kappa shape index (κ2) is 8.42. The van der Waals surface area contributed by atoms with Gasteiger partial charge in [-0.05, 0) is 25.7 Å². The number of hydrogen-bond acceptors (Lipinski definition) is 4. The highest BCUT2D eigenvalue weighted by molar-refractivity contribution is 5.80. The fourth-order valence-electron chi connectivity index (χ4n) is 0.939. The molecule has 0 aromatic carbocycles. The third-order valence-corrected chi connectivity index (χ3v) is 2.10. The Bertz CT molecular complexity index is 197. The molecule has 4 heteroatoms. The molecule has 0 aliphatic carbocycles. The van der Waals surface area contributed by atoms with E-state index in [-0.39, 0.29) is 23.4 Å². The highest BCUT2D eigenvalue weighted by Gasteiger charge is 2.13. The highest BCUT2D eigenvalue weighted by Crippen LogP contribution is 2.00. The van der Waals surface area contributed by atoms with E-state index in [4.69, 9.17) is 10.2 Å². The van der Waals surface area contributed by atoms with Gasteiger partial charge in [0.1, 0.15) is 12.2 Å². The molecule has 2 atom stereocenters. The van der Waals surface area contributed by atoms with E-state index >= 15 is 0 Å². The van der Waals surface area contributed by atoms with Crippen LogP contribution in [0, 0.1) is 11.8 Å². The predicted octanol–water partition coefficient (Wildman–Crippen LogP) is 1.18. The van der Waals surface area contributed by atoms with Crippen molar-refractivity contribution >= 4 is 11.6 Å². The Morgan fingerprint density at radius 2 is 0.938 bits per heavy atom. The summed E-state index contributed by atoms with van der Waals surface area (Å²) in [6, 6.07) is 0. The van der Waals surface area contributed by atoms with Crippen LogP contribution in [0.15, 0.2) is 0 Å². The minimum Gasteiger partial charge on any atom is -0.385 e. The maximum absolute atomic E-state index is 10.3. The van der Waals surface area contributed by atoms with Gasteiger partial charge in [0, 0.05) is 0 Å². The Morgan fingerprint density at radius 3 is 0.938 bits per heavy atom. The molecular weight excluding hydrogens is 208 g/mol. The van der Waals surface area contributed by atoms with Gasteiger partial charge in [0.15, 0.2) is 11.6 Å². The van der Waals surface area contributed by atoms with Gasteiger partial charge in [-0.3, -0.25) is 9.59 Å². The minimum absolute atomic E-state index is 0.0486. The van der Waals surface area contributed by atoms with E-state index in [1.807, 2.05) is 27.7 Å². The number of hydrogen-bond donors (Lipinski definition) is 2. The zero-order valence-corrected chi connectivity index (χ0v) is 11.0. The fourth-order valence-corrected chi connectivity index (χ4v) is 0.939. The van der Waals surface area contributed by atoms with Gasteiger partial charge in [-0.1, -0.05) is 27.7 Å². The van der Waals surface area contributed by atoms with E-state index in [9.17, 15) is 9.59 Å². The summed E-state index contributed by atoms with van der Waals surface area (Å²) in [7, 11) is 0. The van der Waals surface area contributed by atoms with Crippen molar-refractivity contribution < 1.29 is 19.8 Å². The second-order valence-corrected chi connectivity index (χ2v) is 4.60. The average molecular weight is 232 g/mol. The van der Waals surface area contributed by atoms with Crippen molar-refractivity contribution in [3.8, 4) is 0 Å². The first-order chi connectivity index (χ1) is 7.11. The summed E-state index contributed by atoms with van der Waals surface area (Å²) in [6.07, 6.45) is -1.54. The largest absolute Gasteiger partial charge is 0.385 e. The number of ketones is 2. The van der Waals surface area contributed by atoms with Crippen LogP contribution >= 0.6 is 0 Å². The monoisotopic (exact) mass is 232 g/mol. The molecule has 2 N–H and O–H groups in total. The summed E-state index contributed by atoms with van der Waals surface area (Å²) < 4.78 is 0. The van der Waals surface area contributed by atoms with Crippen molar-refractivity contribution in [1.29, 1.82) is 0 Å². The molecule has 0 saturated heterocycles. The average Bonchev–Trinajstić information content (AvgIpc) is 2.15. The maximum atomic E-state index is 10.3. The third-order valence-electron chi connectivity index (χ3n) is 2.10. The summed E-state index contributed by atoms with van der Waals surface area (Å²) in [5.41, 5.74) is 0. The summed E-state index contributed by atoms with van der Waals surface area (Å²) in [6.45, 7) is 10.0. The first kappa shape index (κ1) is 17.6. The molecule has 0 heterocycles. The number of aliphatic hydroxyl groups is 2. The van der Waals surface area contributed by atoms with Crippen molar-refractivity contribution in [2.75, 3.05) is 0 Å². The zero-order chi connectivity index (χ0) is 13.5. The Labute approximate surface area is 97.7 Å². The predicted molar refractivity (Wildman–Crippen MR) is 63.1 cm³/mol. The molecule has 0 aliphatic rings. The summed E-state index contributed by atoms with van der Waals surface area (Å²) in [5.74, 6) is -0.208. The molecule has 96 valence electrons. The fraction of sp³-hybridized carbons (Fsp3) is 0.833. The molecule has 0 aliphatic heterocycles. The van der Waals surface area contributed by atoms with Gasteiger partial charge in [0.2, 0.25) is 0 Å². The van der Waals surface area contributed by atoms with Gasteiger partial charge >= 0.3 is 0 Å². The number of rotatable bonds is 4. The molecule has 16 heavy (non-hydrogen) atoms. The van der Waals surface area contributed by atoms with Gasteiger partial charge in [-0.25, -0.2) is 0 Å². The molecule has 0 rings (SSSR count). The Hall–Kier alpha value is -0.740. The topological polar surface area (TPSA) is 74.6 Å². The molecule has 0 amide bonds. The molecule has 0 fully saturated rings. The van der Waals surface area contributed by atoms with Crippen LogP contribution in [-0.2, 0) is 9.59 Å². The standard InChI is InChI=1S/2C6H12O2/c2*1-4(2)6(8)5(3)7/h2*4,6,8H,1-3H3/t2*6-/m10/s1. The number of carbonyl (C=O) groups excluding carboxylic acids is 2. The van der Waals surface area contributed by atoms with E-state index in [1.54, 1.807) is 0 Å².